The first-order valence-electron chi connectivity index (χ1n) is 8.43. The molecule has 134 valence electrons. The molecule has 7 heteroatoms. The lowest BCUT2D eigenvalue weighted by atomic mass is 9.97. The minimum Gasteiger partial charge on any atom is -0.444 e. The van der Waals surface area contributed by atoms with Crippen molar-refractivity contribution in [2.75, 3.05) is 6.54 Å². The monoisotopic (exact) mass is 344 g/mol. The molecule has 0 spiro atoms. The highest BCUT2D eigenvalue weighted by Gasteiger charge is 2.29. The topological polar surface area (TPSA) is 81.4 Å². The molecular formula is C18H24N4O3. The molecule has 0 atom stereocenters. The van der Waals surface area contributed by atoms with E-state index in [1.165, 1.54) is 0 Å². The second-order valence-electron chi connectivity index (χ2n) is 7.40. The molecule has 3 heterocycles. The molecule has 2 aromatic rings. The smallest absolute Gasteiger partial charge is 0.410 e. The van der Waals surface area contributed by atoms with E-state index in [1.54, 1.807) is 4.90 Å². The van der Waals surface area contributed by atoms with Crippen LogP contribution in [0.5, 0.6) is 0 Å². The van der Waals surface area contributed by atoms with Crippen molar-refractivity contribution in [1.29, 1.82) is 0 Å². The normalized spacial score (nSPS) is 14.4. The number of rotatable bonds is 1. The molecule has 0 aliphatic carbocycles. The van der Waals surface area contributed by atoms with Gasteiger partial charge in [-0.15, -0.1) is 0 Å². The van der Waals surface area contributed by atoms with E-state index in [1.807, 2.05) is 41.5 Å². The summed E-state index contributed by atoms with van der Waals surface area (Å²) in [5, 5.41) is 4.03. The van der Waals surface area contributed by atoms with Crippen LogP contribution >= 0.6 is 0 Å². The Morgan fingerprint density at radius 3 is 2.52 bits per heavy atom. The largest absolute Gasteiger partial charge is 0.444 e. The summed E-state index contributed by atoms with van der Waals surface area (Å²) in [6.07, 6.45) is 0.363. The van der Waals surface area contributed by atoms with Gasteiger partial charge in [-0.25, -0.2) is 14.8 Å². The average molecular weight is 344 g/mol. The fourth-order valence-corrected chi connectivity index (χ4v) is 3.06. The van der Waals surface area contributed by atoms with Crippen molar-refractivity contribution in [1.82, 2.24) is 20.0 Å². The van der Waals surface area contributed by atoms with Crippen molar-refractivity contribution in [3.63, 3.8) is 0 Å². The van der Waals surface area contributed by atoms with Crippen LogP contribution in [0.2, 0.25) is 0 Å². The summed E-state index contributed by atoms with van der Waals surface area (Å²) in [7, 11) is 0. The van der Waals surface area contributed by atoms with Crippen molar-refractivity contribution in [2.45, 2.75) is 60.1 Å². The second-order valence-corrected chi connectivity index (χ2v) is 7.40. The van der Waals surface area contributed by atoms with Gasteiger partial charge >= 0.3 is 6.09 Å². The maximum absolute atomic E-state index is 12.4. The Balaban J connectivity index is 1.96. The lowest BCUT2D eigenvalue weighted by Crippen LogP contribution is -2.40. The molecule has 0 fully saturated rings. The molecule has 0 unspecified atom stereocenters. The van der Waals surface area contributed by atoms with Crippen molar-refractivity contribution < 1.29 is 14.1 Å². The third-order valence-corrected chi connectivity index (χ3v) is 4.10. The second kappa shape index (κ2) is 6.13. The lowest BCUT2D eigenvalue weighted by molar-refractivity contribution is 0.0220. The van der Waals surface area contributed by atoms with Gasteiger partial charge in [-0.1, -0.05) is 5.16 Å². The van der Waals surface area contributed by atoms with E-state index in [2.05, 4.69) is 15.1 Å². The van der Waals surface area contributed by atoms with Crippen LogP contribution in [0.15, 0.2) is 4.52 Å². The van der Waals surface area contributed by atoms with E-state index in [4.69, 9.17) is 9.26 Å². The molecule has 0 saturated carbocycles. The summed E-state index contributed by atoms with van der Waals surface area (Å²) >= 11 is 0. The SMILES string of the molecule is Cc1nc2c(c(-c3c(C)noc3C)n1)CCN(C(=O)OC(C)(C)C)C2. The van der Waals surface area contributed by atoms with E-state index >= 15 is 0 Å². The summed E-state index contributed by atoms with van der Waals surface area (Å²) in [6, 6.07) is 0. The quantitative estimate of drug-likeness (QED) is 0.789. The number of aryl methyl sites for hydroxylation is 3. The standard InChI is InChI=1S/C18H24N4O3/c1-10-15(11(2)25-21-10)16-13-7-8-22(17(23)24-18(4,5)6)9-14(13)19-12(3)20-16/h7-9H2,1-6H3. The summed E-state index contributed by atoms with van der Waals surface area (Å²) in [5.74, 6) is 1.41. The number of carbonyl (C=O) groups is 1. The van der Waals surface area contributed by atoms with Crippen LogP contribution in [0.25, 0.3) is 11.3 Å². The van der Waals surface area contributed by atoms with Gasteiger partial charge in [0.15, 0.2) is 0 Å². The minimum atomic E-state index is -0.513. The van der Waals surface area contributed by atoms with E-state index in [-0.39, 0.29) is 6.09 Å². The molecule has 0 radical (unpaired) electrons. The Kier molecular flexibility index (Phi) is 4.26. The predicted octanol–water partition coefficient (Wildman–Crippen LogP) is 3.35. The van der Waals surface area contributed by atoms with Crippen molar-refractivity contribution in [3.8, 4) is 11.3 Å². The number of fused-ring (bicyclic) bond motifs is 1. The van der Waals surface area contributed by atoms with E-state index in [0.717, 1.165) is 34.0 Å². The maximum Gasteiger partial charge on any atom is 0.410 e. The number of hydrogen-bond acceptors (Lipinski definition) is 6. The Bertz CT molecular complexity index is 801. The molecule has 1 aliphatic heterocycles. The molecule has 0 aromatic carbocycles. The first-order chi connectivity index (χ1) is 11.7. The van der Waals surface area contributed by atoms with Crippen molar-refractivity contribution in [2.24, 2.45) is 0 Å². The number of amides is 1. The van der Waals surface area contributed by atoms with Gasteiger partial charge in [0.05, 0.1) is 29.2 Å². The molecule has 3 rings (SSSR count). The minimum absolute atomic E-state index is 0.312. The lowest BCUT2D eigenvalue weighted by Gasteiger charge is -2.31. The number of hydrogen-bond donors (Lipinski definition) is 0. The van der Waals surface area contributed by atoms with Gasteiger partial charge in [-0.05, 0) is 48.0 Å². The van der Waals surface area contributed by atoms with Gasteiger partial charge in [0, 0.05) is 12.1 Å². The van der Waals surface area contributed by atoms with E-state index in [9.17, 15) is 4.79 Å². The number of nitrogens with zero attached hydrogens (tertiary/aromatic N) is 4. The van der Waals surface area contributed by atoms with Gasteiger partial charge in [0.1, 0.15) is 17.2 Å². The third-order valence-electron chi connectivity index (χ3n) is 4.10. The van der Waals surface area contributed by atoms with Crippen LogP contribution in [-0.4, -0.2) is 38.3 Å². The Hall–Kier alpha value is -2.44. The maximum atomic E-state index is 12.4. The number of aromatic nitrogens is 3. The summed E-state index contributed by atoms with van der Waals surface area (Å²) in [6.45, 7) is 12.2. The zero-order valence-electron chi connectivity index (χ0n) is 15.6. The van der Waals surface area contributed by atoms with Crippen LogP contribution in [0.4, 0.5) is 4.79 Å². The summed E-state index contributed by atoms with van der Waals surface area (Å²) in [4.78, 5) is 23.3. The highest BCUT2D eigenvalue weighted by atomic mass is 16.6. The van der Waals surface area contributed by atoms with Gasteiger partial charge < -0.3 is 14.2 Å². The third kappa shape index (κ3) is 3.50. The summed E-state index contributed by atoms with van der Waals surface area (Å²) in [5.41, 5.74) is 4.00. The molecule has 1 aliphatic rings. The van der Waals surface area contributed by atoms with Crippen molar-refractivity contribution >= 4 is 6.09 Å². The zero-order valence-corrected chi connectivity index (χ0v) is 15.6. The molecule has 0 bridgehead atoms. The van der Waals surface area contributed by atoms with Gasteiger partial charge in [0.2, 0.25) is 0 Å². The summed E-state index contributed by atoms with van der Waals surface area (Å²) < 4.78 is 10.8. The van der Waals surface area contributed by atoms with Crippen LogP contribution in [-0.2, 0) is 17.7 Å². The molecule has 0 saturated heterocycles. The average Bonchev–Trinajstić information content (AvgIpc) is 2.83. The van der Waals surface area contributed by atoms with Gasteiger partial charge in [0.25, 0.3) is 0 Å². The molecular weight excluding hydrogens is 320 g/mol. The molecule has 2 aromatic heterocycles. The van der Waals surface area contributed by atoms with E-state index < -0.39 is 5.60 Å². The zero-order chi connectivity index (χ0) is 18.4. The van der Waals surface area contributed by atoms with Gasteiger partial charge in [-0.3, -0.25) is 0 Å². The number of carbonyl (C=O) groups excluding carboxylic acids is 1. The number of ether oxygens (including phenoxy) is 1. The Morgan fingerprint density at radius 1 is 1.20 bits per heavy atom. The fourth-order valence-electron chi connectivity index (χ4n) is 3.06. The fraction of sp³-hybridized carbons (Fsp3) is 0.556. The van der Waals surface area contributed by atoms with Crippen LogP contribution in [0.3, 0.4) is 0 Å². The molecule has 0 N–H and O–H groups in total. The van der Waals surface area contributed by atoms with Crippen LogP contribution in [0, 0.1) is 20.8 Å². The Labute approximate surface area is 147 Å². The predicted molar refractivity (Wildman–Crippen MR) is 92.1 cm³/mol. The first-order valence-corrected chi connectivity index (χ1v) is 8.43. The van der Waals surface area contributed by atoms with E-state index in [0.29, 0.717) is 25.3 Å². The highest BCUT2D eigenvalue weighted by Crippen LogP contribution is 2.32. The highest BCUT2D eigenvalue weighted by molar-refractivity contribution is 5.71. The van der Waals surface area contributed by atoms with Crippen LogP contribution in [0.1, 0.15) is 49.3 Å². The molecule has 1 amide bonds. The first kappa shape index (κ1) is 17.4. The molecule has 25 heavy (non-hydrogen) atoms. The Morgan fingerprint density at radius 2 is 1.92 bits per heavy atom. The van der Waals surface area contributed by atoms with Gasteiger partial charge in [-0.2, -0.15) is 0 Å². The van der Waals surface area contributed by atoms with Crippen LogP contribution < -0.4 is 0 Å². The molecule has 7 nitrogen and oxygen atoms in total. The van der Waals surface area contributed by atoms with Crippen molar-refractivity contribution in [3.05, 3.63) is 28.5 Å².